The van der Waals surface area contributed by atoms with E-state index in [4.69, 9.17) is 17.2 Å². The number of nitrogens with zero attached hydrogens (tertiary/aromatic N) is 2. The predicted molar refractivity (Wildman–Crippen MR) is 171 cm³/mol. The van der Waals surface area contributed by atoms with Crippen molar-refractivity contribution in [2.24, 2.45) is 0 Å². The van der Waals surface area contributed by atoms with Gasteiger partial charge in [-0.1, -0.05) is 0 Å². The number of halogens is 2. The standard InChI is InChI=1S/2C18H14N.2ClH.Hf/c2*1-13-11-16-15-9-5-6-10-17(15)19(18(16)12-13)14-7-3-2-4-8-14;;;/h2*2-10,12,18H,1H3;2*1H;/q;;;;+2/p-2. The third-order valence-corrected chi connectivity index (χ3v) is 24.4. The Morgan fingerprint density at radius 3 is 1.29 bits per heavy atom. The van der Waals surface area contributed by atoms with Crippen LogP contribution in [0.25, 0.3) is 11.1 Å². The van der Waals surface area contributed by atoms with Gasteiger partial charge in [0.2, 0.25) is 0 Å². The predicted octanol–water partition coefficient (Wildman–Crippen LogP) is 10.2. The van der Waals surface area contributed by atoms with Crippen LogP contribution in [0.3, 0.4) is 0 Å². The van der Waals surface area contributed by atoms with Crippen LogP contribution < -0.4 is 9.80 Å². The van der Waals surface area contributed by atoms with Crippen LogP contribution in [-0.4, -0.2) is 12.1 Å². The normalized spacial score (nSPS) is 20.7. The number of fused-ring (bicyclic) bond motifs is 6. The average Bonchev–Trinajstić information content (AvgIpc) is 3.69. The molecule has 0 radical (unpaired) electrons. The molecule has 4 aliphatic rings. The van der Waals surface area contributed by atoms with E-state index in [9.17, 15) is 0 Å². The topological polar surface area (TPSA) is 6.48 Å². The summed E-state index contributed by atoms with van der Waals surface area (Å²) in [7, 11) is 15.9. The molecule has 2 heterocycles. The summed E-state index contributed by atoms with van der Waals surface area (Å²) in [5.41, 5.74) is 12.3. The maximum absolute atomic E-state index is 7.95. The summed E-state index contributed by atoms with van der Waals surface area (Å²) in [4.78, 5) is 4.89. The van der Waals surface area contributed by atoms with Gasteiger partial charge in [-0.25, -0.2) is 0 Å². The van der Waals surface area contributed by atoms with E-state index >= 15 is 0 Å². The number of allylic oxidation sites excluding steroid dienone is 4. The molecule has 0 saturated carbocycles. The number of rotatable bonds is 4. The van der Waals surface area contributed by atoms with Crippen molar-refractivity contribution in [1.82, 2.24) is 0 Å². The van der Waals surface area contributed by atoms with Crippen molar-refractivity contribution in [3.8, 4) is 0 Å². The van der Waals surface area contributed by atoms with Crippen molar-refractivity contribution >= 4 is 51.1 Å². The third kappa shape index (κ3) is 3.65. The van der Waals surface area contributed by atoms with E-state index in [1.165, 1.54) is 62.8 Å². The molecule has 200 valence electrons. The molecule has 0 fully saturated rings. The molecule has 5 heteroatoms. The van der Waals surface area contributed by atoms with Crippen LogP contribution in [0.15, 0.2) is 139 Å². The fourth-order valence-corrected chi connectivity index (χ4v) is 25.1. The molecule has 0 bridgehead atoms. The summed E-state index contributed by atoms with van der Waals surface area (Å²) in [6.45, 7) is 4.42. The van der Waals surface area contributed by atoms with E-state index in [0.717, 1.165) is 0 Å². The summed E-state index contributed by atoms with van der Waals surface area (Å²) in [5.74, 6) is 0. The van der Waals surface area contributed by atoms with E-state index in [0.29, 0.717) is 0 Å². The molecule has 8 rings (SSSR count). The van der Waals surface area contributed by atoms with Gasteiger partial charge in [0.15, 0.2) is 0 Å². The van der Waals surface area contributed by atoms with Gasteiger partial charge in [0.05, 0.1) is 0 Å². The fraction of sp³-hybridized carbons (Fsp3) is 0.111. The quantitative estimate of drug-likeness (QED) is 0.193. The fourth-order valence-electron chi connectivity index (χ4n) is 7.38. The summed E-state index contributed by atoms with van der Waals surface area (Å²) in [6.07, 6.45) is 4.76. The molecule has 0 aromatic heterocycles. The number of anilines is 4. The van der Waals surface area contributed by atoms with Crippen LogP contribution in [-0.2, 0) is 17.6 Å². The summed E-state index contributed by atoms with van der Waals surface area (Å²) < 4.78 is 2.45. The van der Waals surface area contributed by atoms with Crippen molar-refractivity contribution in [3.63, 3.8) is 0 Å². The molecule has 0 spiro atoms. The molecule has 2 aliphatic heterocycles. The Morgan fingerprint density at radius 2 is 0.878 bits per heavy atom. The van der Waals surface area contributed by atoms with Crippen molar-refractivity contribution in [1.29, 1.82) is 0 Å². The first kappa shape index (κ1) is 25.6. The van der Waals surface area contributed by atoms with E-state index in [2.05, 4.69) is 145 Å². The van der Waals surface area contributed by atoms with Gasteiger partial charge < -0.3 is 0 Å². The van der Waals surface area contributed by atoms with Crippen LogP contribution >= 0.6 is 17.2 Å². The zero-order valence-corrected chi connectivity index (χ0v) is 28.0. The minimum absolute atomic E-state index is 0.0884. The molecule has 2 unspecified atom stereocenters. The molecule has 2 nitrogen and oxygen atoms in total. The summed E-state index contributed by atoms with van der Waals surface area (Å²) in [5, 5.41) is 0. The number of hydrogen-bond acceptors (Lipinski definition) is 2. The Kier molecular flexibility index (Phi) is 5.90. The van der Waals surface area contributed by atoms with Gasteiger partial charge in [-0.2, -0.15) is 0 Å². The molecule has 4 aromatic carbocycles. The van der Waals surface area contributed by atoms with Crippen LogP contribution in [0.4, 0.5) is 22.7 Å². The Hall–Kier alpha value is -3.11. The number of hydrogen-bond donors (Lipinski definition) is 0. The van der Waals surface area contributed by atoms with Gasteiger partial charge in [0.25, 0.3) is 0 Å². The van der Waals surface area contributed by atoms with E-state index < -0.39 is 17.6 Å². The first-order valence-electron chi connectivity index (χ1n) is 14.1. The third-order valence-electron chi connectivity index (χ3n) is 8.90. The average molecular weight is 738 g/mol. The van der Waals surface area contributed by atoms with E-state index in [-0.39, 0.29) is 12.1 Å². The summed E-state index contributed by atoms with van der Waals surface area (Å²) in [6, 6.07) is 38.9. The SMILES string of the molecule is CC1=CC2C(=[C]1[Hf]([Cl])([Cl])[C]1=C3c4ccccc4N(c4ccccc4)C3C=C1C)c1ccccc1N2c1ccccc1. The molecule has 2 atom stereocenters. The Morgan fingerprint density at radius 1 is 0.512 bits per heavy atom. The van der Waals surface area contributed by atoms with E-state index in [1.54, 1.807) is 0 Å². The summed E-state index contributed by atoms with van der Waals surface area (Å²) >= 11 is -4.41. The Balaban J connectivity index is 1.34. The molecular weight excluding hydrogens is 710 g/mol. The minimum atomic E-state index is -4.41. The van der Waals surface area contributed by atoms with Gasteiger partial charge >= 0.3 is 255 Å². The van der Waals surface area contributed by atoms with Crippen molar-refractivity contribution < 1.29 is 17.6 Å². The van der Waals surface area contributed by atoms with Crippen molar-refractivity contribution in [2.45, 2.75) is 25.9 Å². The van der Waals surface area contributed by atoms with Gasteiger partial charge in [-0.05, 0) is 0 Å². The first-order chi connectivity index (χ1) is 20.0. The monoisotopic (exact) mass is 738 g/mol. The molecule has 41 heavy (non-hydrogen) atoms. The van der Waals surface area contributed by atoms with Crippen LogP contribution in [0.5, 0.6) is 0 Å². The van der Waals surface area contributed by atoms with Crippen LogP contribution in [0, 0.1) is 0 Å². The van der Waals surface area contributed by atoms with Gasteiger partial charge in [0.1, 0.15) is 0 Å². The van der Waals surface area contributed by atoms with Gasteiger partial charge in [0, 0.05) is 0 Å². The number of benzene rings is 4. The Bertz CT molecular complexity index is 1720. The molecule has 0 saturated heterocycles. The first-order valence-corrected chi connectivity index (χ1v) is 26.6. The van der Waals surface area contributed by atoms with E-state index in [1.807, 2.05) is 0 Å². The number of para-hydroxylation sites is 4. The van der Waals surface area contributed by atoms with Gasteiger partial charge in [-0.3, -0.25) is 0 Å². The molecule has 4 aromatic rings. The zero-order valence-electron chi connectivity index (χ0n) is 22.9. The zero-order chi connectivity index (χ0) is 27.9. The second kappa shape index (κ2) is 9.46. The van der Waals surface area contributed by atoms with Crippen LogP contribution in [0.2, 0.25) is 0 Å². The van der Waals surface area contributed by atoms with Crippen molar-refractivity contribution in [2.75, 3.05) is 9.80 Å². The molecular formula is C36H28Cl2HfN2. The van der Waals surface area contributed by atoms with Crippen LogP contribution in [0.1, 0.15) is 25.0 Å². The maximum atomic E-state index is 7.95. The second-order valence-corrected chi connectivity index (χ2v) is 29.8. The molecule has 0 amide bonds. The van der Waals surface area contributed by atoms with Crippen molar-refractivity contribution in [3.05, 3.63) is 150 Å². The second-order valence-electron chi connectivity index (χ2n) is 11.2. The van der Waals surface area contributed by atoms with Gasteiger partial charge in [-0.15, -0.1) is 0 Å². The molecule has 2 aliphatic carbocycles. The Labute approximate surface area is 253 Å². The molecule has 0 N–H and O–H groups in total.